The second kappa shape index (κ2) is 8.73. The van der Waals surface area contributed by atoms with Gasteiger partial charge in [0.1, 0.15) is 28.0 Å². The molecule has 0 unspecified atom stereocenters. The van der Waals surface area contributed by atoms with Crippen molar-refractivity contribution < 1.29 is 15.0 Å². The van der Waals surface area contributed by atoms with Gasteiger partial charge in [0.2, 0.25) is 0 Å². The zero-order valence-electron chi connectivity index (χ0n) is 17.9. The number of aryl methyl sites for hydroxylation is 2. The number of hydrogen-bond donors (Lipinski definition) is 2. The normalized spacial score (nSPS) is 10.7. The fourth-order valence-electron chi connectivity index (χ4n) is 3.61. The van der Waals surface area contributed by atoms with Crippen molar-refractivity contribution in [2.45, 2.75) is 20.4 Å². The highest BCUT2D eigenvalue weighted by Crippen LogP contribution is 2.34. The van der Waals surface area contributed by atoms with Crippen LogP contribution in [0.4, 0.5) is 0 Å². The van der Waals surface area contributed by atoms with Crippen molar-refractivity contribution in [3.05, 3.63) is 92.5 Å². The molecule has 2 aromatic heterocycles. The standard InChI is InChI=1S/C25H19N3O4S/c1-14-6-7-19(12-26)24(30)28(14)13-22-27-15(2)23(33-22)18-5-3-4-16(10-18)17-8-9-20(25(31)32)21(29)11-17/h3-11,29H,13H2,1-2H3,(H,31,32). The van der Waals surface area contributed by atoms with E-state index in [9.17, 15) is 14.7 Å². The van der Waals surface area contributed by atoms with Crippen molar-refractivity contribution >= 4 is 17.3 Å². The van der Waals surface area contributed by atoms with Gasteiger partial charge in [-0.25, -0.2) is 9.78 Å². The first kappa shape index (κ1) is 22.0. The van der Waals surface area contributed by atoms with Crippen LogP contribution in [0.25, 0.3) is 21.6 Å². The summed E-state index contributed by atoms with van der Waals surface area (Å²) in [6.07, 6.45) is 0. The maximum Gasteiger partial charge on any atom is 0.339 e. The lowest BCUT2D eigenvalue weighted by Gasteiger charge is -2.08. The van der Waals surface area contributed by atoms with Gasteiger partial charge < -0.3 is 14.8 Å². The number of phenols is 1. The van der Waals surface area contributed by atoms with Crippen LogP contribution in [0.3, 0.4) is 0 Å². The summed E-state index contributed by atoms with van der Waals surface area (Å²) in [5.74, 6) is -1.47. The van der Waals surface area contributed by atoms with Crippen molar-refractivity contribution in [3.8, 4) is 33.4 Å². The molecule has 0 bridgehead atoms. The van der Waals surface area contributed by atoms with E-state index >= 15 is 0 Å². The predicted molar refractivity (Wildman–Crippen MR) is 126 cm³/mol. The van der Waals surface area contributed by atoms with Crippen LogP contribution in [-0.4, -0.2) is 25.7 Å². The van der Waals surface area contributed by atoms with Crippen molar-refractivity contribution in [1.29, 1.82) is 5.26 Å². The lowest BCUT2D eigenvalue weighted by molar-refractivity contribution is 0.0694. The first-order valence-corrected chi connectivity index (χ1v) is 10.8. The van der Waals surface area contributed by atoms with Gasteiger partial charge in [-0.2, -0.15) is 5.26 Å². The third kappa shape index (κ3) is 4.27. The number of aromatic nitrogens is 2. The number of carboxylic acid groups (broad SMARTS) is 1. The highest BCUT2D eigenvalue weighted by Gasteiger charge is 2.15. The number of pyridine rings is 1. The van der Waals surface area contributed by atoms with Gasteiger partial charge in [0.15, 0.2) is 0 Å². The van der Waals surface area contributed by atoms with E-state index < -0.39 is 5.97 Å². The van der Waals surface area contributed by atoms with E-state index in [0.29, 0.717) is 5.56 Å². The van der Waals surface area contributed by atoms with Crippen molar-refractivity contribution in [2.75, 3.05) is 0 Å². The molecule has 0 spiro atoms. The van der Waals surface area contributed by atoms with Gasteiger partial charge in [0.25, 0.3) is 5.56 Å². The third-order valence-electron chi connectivity index (χ3n) is 5.33. The second-order valence-electron chi connectivity index (χ2n) is 7.53. The van der Waals surface area contributed by atoms with Crippen LogP contribution < -0.4 is 5.56 Å². The smallest absolute Gasteiger partial charge is 0.339 e. The molecule has 0 aliphatic carbocycles. The zero-order valence-corrected chi connectivity index (χ0v) is 18.7. The molecular weight excluding hydrogens is 438 g/mol. The molecule has 0 amide bonds. The van der Waals surface area contributed by atoms with Gasteiger partial charge in [-0.05, 0) is 60.9 Å². The largest absolute Gasteiger partial charge is 0.507 e. The SMILES string of the molecule is Cc1nc(Cn2c(C)ccc(C#N)c2=O)sc1-c1cccc(-c2ccc(C(=O)O)c(O)c2)c1. The molecule has 7 nitrogen and oxygen atoms in total. The number of hydrogen-bond acceptors (Lipinski definition) is 6. The van der Waals surface area contributed by atoms with Crippen LogP contribution >= 0.6 is 11.3 Å². The van der Waals surface area contributed by atoms with E-state index in [1.807, 2.05) is 44.2 Å². The van der Waals surface area contributed by atoms with Gasteiger partial charge >= 0.3 is 5.97 Å². The van der Waals surface area contributed by atoms with E-state index in [4.69, 9.17) is 10.4 Å². The number of rotatable bonds is 5. The van der Waals surface area contributed by atoms with Gasteiger partial charge in [0.05, 0.1) is 17.1 Å². The molecular formula is C25H19N3O4S. The third-order valence-corrected chi connectivity index (χ3v) is 6.52. The molecule has 0 fully saturated rings. The summed E-state index contributed by atoms with van der Waals surface area (Å²) in [6.45, 7) is 3.99. The lowest BCUT2D eigenvalue weighted by atomic mass is 10.0. The average molecular weight is 458 g/mol. The molecule has 2 N–H and O–H groups in total. The lowest BCUT2D eigenvalue weighted by Crippen LogP contribution is -2.24. The molecule has 164 valence electrons. The van der Waals surface area contributed by atoms with Crippen LogP contribution in [0.1, 0.15) is 32.3 Å². The molecule has 33 heavy (non-hydrogen) atoms. The molecule has 0 atom stereocenters. The number of aromatic hydroxyl groups is 1. The maximum atomic E-state index is 12.5. The summed E-state index contributed by atoms with van der Waals surface area (Å²) in [6, 6.07) is 17.3. The molecule has 0 aliphatic rings. The molecule has 0 saturated heterocycles. The second-order valence-corrected chi connectivity index (χ2v) is 8.62. The maximum absolute atomic E-state index is 12.5. The highest BCUT2D eigenvalue weighted by atomic mass is 32.1. The van der Waals surface area contributed by atoms with Crippen LogP contribution in [0, 0.1) is 25.2 Å². The molecule has 0 radical (unpaired) electrons. The van der Waals surface area contributed by atoms with Crippen molar-refractivity contribution in [3.63, 3.8) is 0 Å². The number of aromatic carboxylic acids is 1. The minimum Gasteiger partial charge on any atom is -0.507 e. The van der Waals surface area contributed by atoms with Crippen LogP contribution in [0.15, 0.2) is 59.4 Å². The van der Waals surface area contributed by atoms with Gasteiger partial charge in [-0.3, -0.25) is 4.79 Å². The fourth-order valence-corrected chi connectivity index (χ4v) is 4.66. The first-order valence-electron chi connectivity index (χ1n) is 10.0. The molecule has 2 aromatic carbocycles. The van der Waals surface area contributed by atoms with Gasteiger partial charge in [-0.15, -0.1) is 11.3 Å². The molecule has 0 saturated carbocycles. The Hall–Kier alpha value is -4.22. The van der Waals surface area contributed by atoms with E-state index in [-0.39, 0.29) is 29.0 Å². The summed E-state index contributed by atoms with van der Waals surface area (Å²) >= 11 is 1.47. The highest BCUT2D eigenvalue weighted by molar-refractivity contribution is 7.15. The Kier molecular flexibility index (Phi) is 5.82. The molecule has 2 heterocycles. The summed E-state index contributed by atoms with van der Waals surface area (Å²) in [5.41, 5.74) is 3.62. The first-order chi connectivity index (χ1) is 15.8. The zero-order chi connectivity index (χ0) is 23.7. The number of carbonyl (C=O) groups is 1. The minimum atomic E-state index is -1.18. The summed E-state index contributed by atoms with van der Waals surface area (Å²) < 4.78 is 1.55. The average Bonchev–Trinajstić information content (AvgIpc) is 3.16. The summed E-state index contributed by atoms with van der Waals surface area (Å²) in [4.78, 5) is 29.3. The van der Waals surface area contributed by atoms with Crippen molar-refractivity contribution in [2.24, 2.45) is 0 Å². The van der Waals surface area contributed by atoms with Crippen LogP contribution in [0.5, 0.6) is 5.75 Å². The molecule has 4 aromatic rings. The number of nitriles is 1. The van der Waals surface area contributed by atoms with E-state index in [2.05, 4.69) is 4.98 Å². The number of thiazole rings is 1. The van der Waals surface area contributed by atoms with Gasteiger partial charge in [-0.1, -0.05) is 24.3 Å². The predicted octanol–water partition coefficient (Wildman–Crippen LogP) is 4.58. The van der Waals surface area contributed by atoms with E-state index in [1.54, 1.807) is 16.7 Å². The Morgan fingerprint density at radius 3 is 2.52 bits per heavy atom. The quantitative estimate of drug-likeness (QED) is 0.453. The Morgan fingerprint density at radius 1 is 1.09 bits per heavy atom. The van der Waals surface area contributed by atoms with E-state index in [0.717, 1.165) is 32.4 Å². The Bertz CT molecular complexity index is 1490. The van der Waals surface area contributed by atoms with Crippen LogP contribution in [-0.2, 0) is 6.54 Å². The van der Waals surface area contributed by atoms with Crippen molar-refractivity contribution in [1.82, 2.24) is 9.55 Å². The van der Waals surface area contributed by atoms with Gasteiger partial charge in [0, 0.05) is 5.69 Å². The molecule has 0 aliphatic heterocycles. The Balaban J connectivity index is 1.69. The van der Waals surface area contributed by atoms with E-state index in [1.165, 1.54) is 29.5 Å². The Labute approximate surface area is 193 Å². The molecule has 8 heteroatoms. The number of nitrogens with zero attached hydrogens (tertiary/aromatic N) is 3. The summed E-state index contributed by atoms with van der Waals surface area (Å²) in [7, 11) is 0. The monoisotopic (exact) mass is 457 g/mol. The van der Waals surface area contributed by atoms with Crippen LogP contribution in [0.2, 0.25) is 0 Å². The fraction of sp³-hybridized carbons (Fsp3) is 0.120. The summed E-state index contributed by atoms with van der Waals surface area (Å²) in [5, 5.41) is 29.1. The number of benzene rings is 2. The topological polar surface area (TPSA) is 116 Å². The number of carboxylic acids is 1. The minimum absolute atomic E-state index is 0.0963. The Morgan fingerprint density at radius 2 is 1.82 bits per heavy atom. The molecule has 4 rings (SSSR count).